The van der Waals surface area contributed by atoms with E-state index in [9.17, 15) is 0 Å². The van der Waals surface area contributed by atoms with Crippen molar-refractivity contribution in [1.82, 2.24) is 0 Å². The Bertz CT molecular complexity index is 3150. The van der Waals surface area contributed by atoms with E-state index in [0.717, 1.165) is 11.4 Å². The third-order valence-corrected chi connectivity index (χ3v) is 12.2. The van der Waals surface area contributed by atoms with Gasteiger partial charge in [-0.25, -0.2) is 0 Å². The predicted octanol–water partition coefficient (Wildman–Crippen LogP) is 15.4. The first-order chi connectivity index (χ1) is 27.6. The first kappa shape index (κ1) is 32.5. The Morgan fingerprint density at radius 3 is 1.79 bits per heavy atom. The molecule has 0 radical (unpaired) electrons. The first-order valence-corrected chi connectivity index (χ1v) is 19.6. The maximum atomic E-state index is 2.41. The van der Waals surface area contributed by atoms with Crippen LogP contribution in [0.25, 0.3) is 76.5 Å². The highest BCUT2D eigenvalue weighted by atomic mass is 15.1. The second-order valence-corrected chi connectivity index (χ2v) is 15.7. The lowest BCUT2D eigenvalue weighted by Gasteiger charge is -2.38. The fourth-order valence-electron chi connectivity index (χ4n) is 9.69. The summed E-state index contributed by atoms with van der Waals surface area (Å²) in [6, 6.07) is 73.8. The Labute approximate surface area is 327 Å². The van der Waals surface area contributed by atoms with Crippen molar-refractivity contribution in [3.8, 4) is 33.4 Å². The van der Waals surface area contributed by atoms with Crippen LogP contribution in [0, 0.1) is 0 Å². The van der Waals surface area contributed by atoms with Crippen molar-refractivity contribution < 1.29 is 0 Å². The molecule has 1 aliphatic rings. The lowest BCUT2D eigenvalue weighted by atomic mass is 9.65. The molecule has 0 fully saturated rings. The van der Waals surface area contributed by atoms with Gasteiger partial charge in [0.2, 0.25) is 0 Å². The minimum absolute atomic E-state index is 0.228. The molecule has 11 rings (SSSR count). The van der Waals surface area contributed by atoms with E-state index in [1.807, 2.05) is 0 Å². The molecular weight excluding hydrogens is 675 g/mol. The summed E-state index contributed by atoms with van der Waals surface area (Å²) in [6.45, 7) is 4.82. The number of rotatable bonds is 5. The van der Waals surface area contributed by atoms with Gasteiger partial charge in [0, 0.05) is 22.2 Å². The molecule has 264 valence electrons. The summed E-state index contributed by atoms with van der Waals surface area (Å²) in [7, 11) is 0. The monoisotopic (exact) mass is 713 g/mol. The molecule has 1 aliphatic carbocycles. The molecule has 0 saturated carbocycles. The molecule has 0 bridgehead atoms. The lowest BCUT2D eigenvalue weighted by molar-refractivity contribution is 0.647. The summed E-state index contributed by atoms with van der Waals surface area (Å²) in [6.07, 6.45) is 0. The van der Waals surface area contributed by atoms with Crippen molar-refractivity contribution in [2.24, 2.45) is 0 Å². The normalized spacial score (nSPS) is 13.0. The van der Waals surface area contributed by atoms with E-state index in [2.05, 4.69) is 219 Å². The molecular formula is C55H39N. The molecule has 0 heterocycles. The standard InChI is InChI=1S/C55H39N/c1-55(2)50-28-13-18-38-31-34-48(46-26-12-17-36-15-6-8-21-42(36)46)53(52(38)50)49-27-14-25-44(54(49)55)37-29-32-41(33-30-37)56(40-19-4-3-5-20-40)51-35-39-16-7-9-22-43(39)45-23-10-11-24-47(45)51/h3-35H,1-2H3. The summed E-state index contributed by atoms with van der Waals surface area (Å²) >= 11 is 0. The van der Waals surface area contributed by atoms with Crippen molar-refractivity contribution in [1.29, 1.82) is 0 Å². The molecule has 0 unspecified atom stereocenters. The van der Waals surface area contributed by atoms with Gasteiger partial charge in [-0.2, -0.15) is 0 Å². The van der Waals surface area contributed by atoms with Crippen molar-refractivity contribution in [3.05, 3.63) is 211 Å². The van der Waals surface area contributed by atoms with Crippen LogP contribution in [0.5, 0.6) is 0 Å². The number of para-hydroxylation sites is 1. The first-order valence-electron chi connectivity index (χ1n) is 19.6. The molecule has 10 aromatic rings. The van der Waals surface area contributed by atoms with E-state index in [-0.39, 0.29) is 5.41 Å². The van der Waals surface area contributed by atoms with E-state index in [1.165, 1.54) is 93.3 Å². The molecule has 0 amide bonds. The highest BCUT2D eigenvalue weighted by Crippen LogP contribution is 2.55. The molecule has 0 atom stereocenters. The van der Waals surface area contributed by atoms with Crippen molar-refractivity contribution in [3.63, 3.8) is 0 Å². The van der Waals surface area contributed by atoms with Gasteiger partial charge in [0.25, 0.3) is 0 Å². The summed E-state index contributed by atoms with van der Waals surface area (Å²) in [5, 5.41) is 10.2. The second kappa shape index (κ2) is 12.5. The smallest absolute Gasteiger partial charge is 0.0546 e. The summed E-state index contributed by atoms with van der Waals surface area (Å²) < 4.78 is 0. The fourth-order valence-corrected chi connectivity index (χ4v) is 9.69. The average molecular weight is 714 g/mol. The van der Waals surface area contributed by atoms with Crippen LogP contribution in [0.2, 0.25) is 0 Å². The number of hydrogen-bond donors (Lipinski definition) is 0. The number of fused-ring (bicyclic) bond motifs is 6. The molecule has 10 aromatic carbocycles. The topological polar surface area (TPSA) is 3.24 Å². The van der Waals surface area contributed by atoms with Crippen LogP contribution in [0.1, 0.15) is 25.0 Å². The van der Waals surface area contributed by atoms with Crippen LogP contribution in [0.3, 0.4) is 0 Å². The number of hydrogen-bond acceptors (Lipinski definition) is 1. The van der Waals surface area contributed by atoms with Gasteiger partial charge in [0.15, 0.2) is 0 Å². The molecule has 56 heavy (non-hydrogen) atoms. The second-order valence-electron chi connectivity index (χ2n) is 15.7. The van der Waals surface area contributed by atoms with Crippen LogP contribution < -0.4 is 4.90 Å². The molecule has 1 nitrogen and oxygen atoms in total. The van der Waals surface area contributed by atoms with Crippen molar-refractivity contribution >= 4 is 60.2 Å². The van der Waals surface area contributed by atoms with Gasteiger partial charge in [-0.05, 0) is 113 Å². The summed E-state index contributed by atoms with van der Waals surface area (Å²) in [5.41, 5.74) is 13.6. The molecule has 1 heteroatoms. The average Bonchev–Trinajstić information content (AvgIpc) is 3.26. The third-order valence-electron chi connectivity index (χ3n) is 12.2. The minimum atomic E-state index is -0.228. The van der Waals surface area contributed by atoms with Crippen molar-refractivity contribution in [2.45, 2.75) is 19.3 Å². The highest BCUT2D eigenvalue weighted by Gasteiger charge is 2.37. The maximum Gasteiger partial charge on any atom is 0.0546 e. The largest absolute Gasteiger partial charge is 0.310 e. The zero-order valence-electron chi connectivity index (χ0n) is 31.5. The molecule has 0 N–H and O–H groups in total. The van der Waals surface area contributed by atoms with E-state index in [0.29, 0.717) is 0 Å². The Balaban J connectivity index is 1.11. The van der Waals surface area contributed by atoms with E-state index < -0.39 is 0 Å². The van der Waals surface area contributed by atoms with Crippen LogP contribution >= 0.6 is 0 Å². The highest BCUT2D eigenvalue weighted by molar-refractivity contribution is 6.15. The van der Waals surface area contributed by atoms with E-state index in [4.69, 9.17) is 0 Å². The predicted molar refractivity (Wildman–Crippen MR) is 240 cm³/mol. The van der Waals surface area contributed by atoms with Crippen LogP contribution in [0.4, 0.5) is 17.1 Å². The maximum absolute atomic E-state index is 2.41. The van der Waals surface area contributed by atoms with Gasteiger partial charge in [-0.15, -0.1) is 0 Å². The van der Waals surface area contributed by atoms with Gasteiger partial charge < -0.3 is 4.90 Å². The Morgan fingerprint density at radius 1 is 0.375 bits per heavy atom. The Kier molecular flexibility index (Phi) is 7.28. The number of anilines is 3. The van der Waals surface area contributed by atoms with Crippen molar-refractivity contribution in [2.75, 3.05) is 4.90 Å². The SMILES string of the molecule is CC1(C)c2c(-c3ccc(N(c4ccccc4)c4cc5ccccc5c5ccccc45)cc3)cccc2-c2c(-c3cccc4ccccc34)ccc3cccc1c23. The Morgan fingerprint density at radius 2 is 0.964 bits per heavy atom. The molecule has 0 aliphatic heterocycles. The van der Waals surface area contributed by atoms with Crippen LogP contribution in [-0.4, -0.2) is 0 Å². The fraction of sp³-hybridized carbons (Fsp3) is 0.0545. The zero-order valence-corrected chi connectivity index (χ0v) is 31.5. The van der Waals surface area contributed by atoms with Gasteiger partial charge in [-0.1, -0.05) is 184 Å². The van der Waals surface area contributed by atoms with Gasteiger partial charge in [-0.3, -0.25) is 0 Å². The third kappa shape index (κ3) is 4.87. The zero-order chi connectivity index (χ0) is 37.4. The van der Waals surface area contributed by atoms with Crippen LogP contribution in [-0.2, 0) is 5.41 Å². The number of nitrogens with zero attached hydrogens (tertiary/aromatic N) is 1. The summed E-state index contributed by atoms with van der Waals surface area (Å²) in [4.78, 5) is 2.41. The van der Waals surface area contributed by atoms with Gasteiger partial charge in [0.05, 0.1) is 5.69 Å². The van der Waals surface area contributed by atoms with E-state index in [1.54, 1.807) is 0 Å². The summed E-state index contributed by atoms with van der Waals surface area (Å²) in [5.74, 6) is 0. The van der Waals surface area contributed by atoms with E-state index >= 15 is 0 Å². The number of benzene rings is 10. The van der Waals surface area contributed by atoms with Gasteiger partial charge in [0.1, 0.15) is 0 Å². The molecule has 0 aromatic heterocycles. The molecule has 0 spiro atoms. The Hall–Kier alpha value is -6.96. The lowest BCUT2D eigenvalue weighted by Crippen LogP contribution is -2.25. The van der Waals surface area contributed by atoms with Crippen LogP contribution in [0.15, 0.2) is 200 Å². The van der Waals surface area contributed by atoms with Gasteiger partial charge >= 0.3 is 0 Å². The molecule has 0 saturated heterocycles. The quantitative estimate of drug-likeness (QED) is 0.161. The minimum Gasteiger partial charge on any atom is -0.310 e.